The Bertz CT molecular complexity index is 818. The van der Waals surface area contributed by atoms with Crippen LogP contribution in [0.4, 0.5) is 0 Å². The first kappa shape index (κ1) is 20.1. The molecule has 0 aliphatic carbocycles. The van der Waals surface area contributed by atoms with Gasteiger partial charge in [-0.15, -0.1) is 0 Å². The quantitative estimate of drug-likeness (QED) is 0.839. The molecule has 148 valence electrons. The Morgan fingerprint density at radius 2 is 1.68 bits per heavy atom. The number of hydrogen-bond acceptors (Lipinski definition) is 3. The fraction of sp³-hybridized carbons (Fsp3) is 0.391. The van der Waals surface area contributed by atoms with Crippen LogP contribution >= 0.6 is 0 Å². The van der Waals surface area contributed by atoms with Gasteiger partial charge in [-0.2, -0.15) is 0 Å². The van der Waals surface area contributed by atoms with Gasteiger partial charge in [0.25, 0.3) is 5.91 Å². The van der Waals surface area contributed by atoms with Gasteiger partial charge in [0.1, 0.15) is 6.04 Å². The minimum atomic E-state index is -0.574. The minimum Gasteiger partial charge on any atom is -0.340 e. The summed E-state index contributed by atoms with van der Waals surface area (Å²) in [6.07, 6.45) is 0. The number of amides is 2. The van der Waals surface area contributed by atoms with Gasteiger partial charge in [-0.25, -0.2) is 0 Å². The van der Waals surface area contributed by atoms with E-state index in [-0.39, 0.29) is 29.7 Å². The Morgan fingerprint density at radius 1 is 1.04 bits per heavy atom. The van der Waals surface area contributed by atoms with Gasteiger partial charge < -0.3 is 16.0 Å². The molecule has 2 aromatic rings. The van der Waals surface area contributed by atoms with Crippen molar-refractivity contribution in [2.24, 2.45) is 11.7 Å². The monoisotopic (exact) mass is 379 g/mol. The van der Waals surface area contributed by atoms with E-state index in [1.807, 2.05) is 51.1 Å². The van der Waals surface area contributed by atoms with Gasteiger partial charge in [-0.3, -0.25) is 9.59 Å². The molecule has 1 unspecified atom stereocenters. The molecule has 3 atom stereocenters. The summed E-state index contributed by atoms with van der Waals surface area (Å²) in [5.41, 5.74) is 9.14. The van der Waals surface area contributed by atoms with Gasteiger partial charge >= 0.3 is 0 Å². The number of nitrogens with zero attached hydrogens (tertiary/aromatic N) is 1. The van der Waals surface area contributed by atoms with Crippen molar-refractivity contribution in [1.29, 1.82) is 0 Å². The van der Waals surface area contributed by atoms with Gasteiger partial charge in [-0.1, -0.05) is 61.9 Å². The number of hydrogen-bond donors (Lipinski definition) is 2. The summed E-state index contributed by atoms with van der Waals surface area (Å²) in [5, 5.41) is 2.93. The molecule has 0 spiro atoms. The fourth-order valence-corrected chi connectivity index (χ4v) is 3.70. The molecule has 3 rings (SSSR count). The fourth-order valence-electron chi connectivity index (χ4n) is 3.70. The second-order valence-electron chi connectivity index (χ2n) is 7.99. The maximum Gasteiger partial charge on any atom is 0.251 e. The van der Waals surface area contributed by atoms with Crippen molar-refractivity contribution in [1.82, 2.24) is 10.2 Å². The average molecular weight is 380 g/mol. The van der Waals surface area contributed by atoms with E-state index in [2.05, 4.69) is 17.4 Å². The van der Waals surface area contributed by atoms with Gasteiger partial charge in [0.2, 0.25) is 5.91 Å². The van der Waals surface area contributed by atoms with Crippen molar-refractivity contribution >= 4 is 11.8 Å². The first-order valence-corrected chi connectivity index (χ1v) is 9.83. The summed E-state index contributed by atoms with van der Waals surface area (Å²) in [5.74, 6) is -0.195. The molecule has 0 bridgehead atoms. The van der Waals surface area contributed by atoms with Crippen LogP contribution in [0, 0.1) is 12.8 Å². The first-order valence-electron chi connectivity index (χ1n) is 9.83. The maximum absolute atomic E-state index is 13.2. The zero-order chi connectivity index (χ0) is 20.3. The normalized spacial score (nSPS) is 20.2. The van der Waals surface area contributed by atoms with Crippen molar-refractivity contribution in [2.45, 2.75) is 38.8 Å². The molecule has 2 aromatic carbocycles. The number of carbonyl (C=O) groups excluding carboxylic acids is 2. The average Bonchev–Trinajstić information content (AvgIpc) is 3.08. The number of nitrogens with one attached hydrogen (secondary N) is 1. The van der Waals surface area contributed by atoms with Crippen molar-refractivity contribution in [3.05, 3.63) is 71.3 Å². The van der Waals surface area contributed by atoms with E-state index in [0.717, 1.165) is 11.1 Å². The third-order valence-electron chi connectivity index (χ3n) is 5.44. The van der Waals surface area contributed by atoms with E-state index in [1.54, 1.807) is 17.0 Å². The number of carbonyl (C=O) groups is 2. The van der Waals surface area contributed by atoms with E-state index >= 15 is 0 Å². The summed E-state index contributed by atoms with van der Waals surface area (Å²) >= 11 is 0. The lowest BCUT2D eigenvalue weighted by Gasteiger charge is -2.27. The zero-order valence-corrected chi connectivity index (χ0v) is 16.8. The lowest BCUT2D eigenvalue weighted by atomic mass is 9.95. The van der Waals surface area contributed by atoms with Gasteiger partial charge in [-0.05, 0) is 30.5 Å². The first-order chi connectivity index (χ1) is 13.4. The number of aryl methyl sites for hydroxylation is 1. The summed E-state index contributed by atoms with van der Waals surface area (Å²) < 4.78 is 0. The molecule has 3 N–H and O–H groups in total. The van der Waals surface area contributed by atoms with Crippen molar-refractivity contribution in [2.75, 3.05) is 13.1 Å². The number of benzene rings is 2. The Morgan fingerprint density at radius 3 is 2.29 bits per heavy atom. The SMILES string of the molecule is Cc1ccc(C(=O)NC(C(=O)N2C[C@@H](N)[C@H](c3ccccc3)C2)C(C)C)cc1. The van der Waals surface area contributed by atoms with E-state index in [4.69, 9.17) is 5.73 Å². The third-order valence-corrected chi connectivity index (χ3v) is 5.44. The minimum absolute atomic E-state index is 0.0195. The predicted octanol–water partition coefficient (Wildman–Crippen LogP) is 2.70. The highest BCUT2D eigenvalue weighted by Gasteiger charge is 2.37. The molecule has 0 aromatic heterocycles. The third kappa shape index (κ3) is 4.42. The van der Waals surface area contributed by atoms with Crippen molar-refractivity contribution in [3.8, 4) is 0 Å². The maximum atomic E-state index is 13.2. The van der Waals surface area contributed by atoms with Crippen LogP contribution in [0.5, 0.6) is 0 Å². The van der Waals surface area contributed by atoms with Crippen molar-refractivity contribution < 1.29 is 9.59 Å². The number of nitrogens with two attached hydrogens (primary N) is 1. The van der Waals surface area contributed by atoms with E-state index in [1.165, 1.54) is 0 Å². The summed E-state index contributed by atoms with van der Waals surface area (Å²) in [7, 11) is 0. The highest BCUT2D eigenvalue weighted by Crippen LogP contribution is 2.27. The molecule has 1 aliphatic rings. The van der Waals surface area contributed by atoms with Crippen LogP contribution in [0.1, 0.15) is 41.3 Å². The molecule has 2 amide bonds. The van der Waals surface area contributed by atoms with Crippen LogP contribution in [0.3, 0.4) is 0 Å². The van der Waals surface area contributed by atoms with Crippen LogP contribution in [-0.2, 0) is 4.79 Å². The Labute approximate surface area is 166 Å². The standard InChI is InChI=1S/C23H29N3O2/c1-15(2)21(25-22(27)18-11-9-16(3)10-12-18)23(28)26-13-19(20(24)14-26)17-7-5-4-6-8-17/h4-12,15,19-21H,13-14,24H2,1-3H3,(H,25,27)/t19-,20+,21?/m0/s1. The van der Waals surface area contributed by atoms with Crippen LogP contribution in [-0.4, -0.2) is 41.9 Å². The van der Waals surface area contributed by atoms with Gasteiger partial charge in [0.15, 0.2) is 0 Å². The number of likely N-dealkylation sites (tertiary alicyclic amines) is 1. The van der Waals surface area contributed by atoms with E-state index < -0.39 is 6.04 Å². The molecule has 28 heavy (non-hydrogen) atoms. The van der Waals surface area contributed by atoms with Crippen LogP contribution < -0.4 is 11.1 Å². The summed E-state index contributed by atoms with van der Waals surface area (Å²) in [4.78, 5) is 27.6. The Kier molecular flexibility index (Phi) is 6.15. The van der Waals surface area contributed by atoms with Crippen LogP contribution in [0.25, 0.3) is 0 Å². The molecule has 1 heterocycles. The Balaban J connectivity index is 1.71. The smallest absolute Gasteiger partial charge is 0.251 e. The van der Waals surface area contributed by atoms with Crippen molar-refractivity contribution in [3.63, 3.8) is 0 Å². The molecule has 0 radical (unpaired) electrons. The van der Waals surface area contributed by atoms with Crippen LogP contribution in [0.2, 0.25) is 0 Å². The zero-order valence-electron chi connectivity index (χ0n) is 16.8. The molecule has 1 aliphatic heterocycles. The Hall–Kier alpha value is -2.66. The summed E-state index contributed by atoms with van der Waals surface area (Å²) in [6.45, 7) is 6.95. The predicted molar refractivity (Wildman–Crippen MR) is 111 cm³/mol. The highest BCUT2D eigenvalue weighted by atomic mass is 16.2. The largest absolute Gasteiger partial charge is 0.340 e. The topological polar surface area (TPSA) is 75.4 Å². The van der Waals surface area contributed by atoms with Gasteiger partial charge in [0, 0.05) is 30.6 Å². The number of rotatable bonds is 5. The summed E-state index contributed by atoms with van der Waals surface area (Å²) in [6, 6.07) is 16.7. The second kappa shape index (κ2) is 8.57. The molecule has 0 saturated carbocycles. The lowest BCUT2D eigenvalue weighted by Crippen LogP contribution is -2.51. The molecule has 1 saturated heterocycles. The lowest BCUT2D eigenvalue weighted by molar-refractivity contribution is -0.133. The molecule has 5 heteroatoms. The van der Waals surface area contributed by atoms with Gasteiger partial charge in [0.05, 0.1) is 0 Å². The second-order valence-corrected chi connectivity index (χ2v) is 7.99. The van der Waals surface area contributed by atoms with Crippen LogP contribution in [0.15, 0.2) is 54.6 Å². The molecule has 1 fully saturated rings. The molecular weight excluding hydrogens is 350 g/mol. The van der Waals surface area contributed by atoms with E-state index in [9.17, 15) is 9.59 Å². The molecular formula is C23H29N3O2. The highest BCUT2D eigenvalue weighted by molar-refractivity contribution is 5.97. The van der Waals surface area contributed by atoms with E-state index in [0.29, 0.717) is 18.7 Å². The molecule has 5 nitrogen and oxygen atoms in total.